The molecule has 0 saturated heterocycles. The second-order valence-corrected chi connectivity index (χ2v) is 3.54. The standard InChI is InChI=1S/C12H21NO4/c1-5-7-10(12(15)13(3)16-4)11(14)9-17-8-6-2/h5-6,10-11,14H,1-2,7-9H2,3-4H3/t10-,11+/m1/s1. The molecule has 1 N–H and O–H groups in total. The van der Waals surface area contributed by atoms with E-state index in [1.165, 1.54) is 14.2 Å². The SMILES string of the molecule is C=CCOC[C@H](O)[C@@H](CC=C)C(=O)N(C)OC. The zero-order valence-corrected chi connectivity index (χ0v) is 10.5. The van der Waals surface area contributed by atoms with Crippen LogP contribution in [0.3, 0.4) is 0 Å². The van der Waals surface area contributed by atoms with E-state index in [9.17, 15) is 9.90 Å². The van der Waals surface area contributed by atoms with Crippen molar-refractivity contribution in [3.8, 4) is 0 Å². The second kappa shape index (κ2) is 8.92. The summed E-state index contributed by atoms with van der Waals surface area (Å²) >= 11 is 0. The van der Waals surface area contributed by atoms with Crippen molar-refractivity contribution < 1.29 is 19.5 Å². The maximum Gasteiger partial charge on any atom is 0.251 e. The van der Waals surface area contributed by atoms with E-state index in [1.807, 2.05) is 0 Å². The highest BCUT2D eigenvalue weighted by Gasteiger charge is 2.28. The lowest BCUT2D eigenvalue weighted by Gasteiger charge is -2.24. The molecule has 17 heavy (non-hydrogen) atoms. The van der Waals surface area contributed by atoms with E-state index in [-0.39, 0.29) is 12.5 Å². The van der Waals surface area contributed by atoms with E-state index in [4.69, 9.17) is 9.57 Å². The predicted octanol–water partition coefficient (Wildman–Crippen LogP) is 0.762. The number of hydroxylamine groups is 2. The maximum absolute atomic E-state index is 11.9. The monoisotopic (exact) mass is 243 g/mol. The number of rotatable bonds is 9. The van der Waals surface area contributed by atoms with Crippen molar-refractivity contribution in [2.45, 2.75) is 12.5 Å². The van der Waals surface area contributed by atoms with Crippen LogP contribution in [0.15, 0.2) is 25.3 Å². The minimum atomic E-state index is -0.891. The molecular formula is C12H21NO4. The number of carbonyl (C=O) groups is 1. The van der Waals surface area contributed by atoms with Gasteiger partial charge in [-0.2, -0.15) is 0 Å². The van der Waals surface area contributed by atoms with Gasteiger partial charge in [0.2, 0.25) is 0 Å². The zero-order chi connectivity index (χ0) is 13.3. The molecule has 1 amide bonds. The van der Waals surface area contributed by atoms with Crippen LogP contribution in [0.5, 0.6) is 0 Å². The van der Waals surface area contributed by atoms with Crippen LogP contribution < -0.4 is 0 Å². The van der Waals surface area contributed by atoms with Gasteiger partial charge in [-0.15, -0.1) is 13.2 Å². The average molecular weight is 243 g/mol. The van der Waals surface area contributed by atoms with E-state index >= 15 is 0 Å². The molecule has 0 aromatic carbocycles. The third-order valence-corrected chi connectivity index (χ3v) is 2.31. The first-order chi connectivity index (χ1) is 8.08. The molecule has 5 nitrogen and oxygen atoms in total. The van der Waals surface area contributed by atoms with Gasteiger partial charge in [-0.05, 0) is 6.42 Å². The van der Waals surface area contributed by atoms with Gasteiger partial charge in [-0.3, -0.25) is 9.63 Å². The highest BCUT2D eigenvalue weighted by molar-refractivity contribution is 5.78. The number of aliphatic hydroxyl groups excluding tert-OH is 1. The smallest absolute Gasteiger partial charge is 0.251 e. The van der Waals surface area contributed by atoms with Gasteiger partial charge in [0, 0.05) is 7.05 Å². The lowest BCUT2D eigenvalue weighted by atomic mass is 9.98. The van der Waals surface area contributed by atoms with Crippen LogP contribution in [0.25, 0.3) is 0 Å². The Morgan fingerprint density at radius 1 is 1.47 bits per heavy atom. The van der Waals surface area contributed by atoms with Gasteiger partial charge in [0.15, 0.2) is 0 Å². The van der Waals surface area contributed by atoms with Crippen molar-refractivity contribution in [2.24, 2.45) is 5.92 Å². The Balaban J connectivity index is 4.43. The Bertz CT molecular complexity index is 255. The first-order valence-corrected chi connectivity index (χ1v) is 5.37. The minimum absolute atomic E-state index is 0.0772. The van der Waals surface area contributed by atoms with Crippen molar-refractivity contribution in [1.82, 2.24) is 5.06 Å². The summed E-state index contributed by atoms with van der Waals surface area (Å²) in [4.78, 5) is 16.7. The first-order valence-electron chi connectivity index (χ1n) is 5.37. The van der Waals surface area contributed by atoms with Crippen LogP contribution in [0.4, 0.5) is 0 Å². The number of allylic oxidation sites excluding steroid dienone is 1. The molecular weight excluding hydrogens is 222 g/mol. The van der Waals surface area contributed by atoms with Gasteiger partial charge in [0.25, 0.3) is 5.91 Å². The van der Waals surface area contributed by atoms with E-state index < -0.39 is 12.0 Å². The highest BCUT2D eigenvalue weighted by Crippen LogP contribution is 2.14. The summed E-state index contributed by atoms with van der Waals surface area (Å²) in [5.41, 5.74) is 0. The summed E-state index contributed by atoms with van der Waals surface area (Å²) in [5.74, 6) is -0.913. The van der Waals surface area contributed by atoms with Gasteiger partial charge in [0.05, 0.1) is 32.3 Å². The van der Waals surface area contributed by atoms with Gasteiger partial charge >= 0.3 is 0 Å². The van der Waals surface area contributed by atoms with Crippen LogP contribution in [0.2, 0.25) is 0 Å². The molecule has 0 saturated carbocycles. The highest BCUT2D eigenvalue weighted by atomic mass is 16.7. The van der Waals surface area contributed by atoms with Crippen molar-refractivity contribution in [2.75, 3.05) is 27.4 Å². The van der Waals surface area contributed by atoms with Crippen molar-refractivity contribution in [3.05, 3.63) is 25.3 Å². The number of nitrogens with zero attached hydrogens (tertiary/aromatic N) is 1. The zero-order valence-electron chi connectivity index (χ0n) is 10.5. The number of hydrogen-bond acceptors (Lipinski definition) is 4. The Hall–Kier alpha value is -1.17. The second-order valence-electron chi connectivity index (χ2n) is 3.54. The van der Waals surface area contributed by atoms with Gasteiger partial charge in [0.1, 0.15) is 0 Å². The summed E-state index contributed by atoms with van der Waals surface area (Å²) < 4.78 is 5.12. The van der Waals surface area contributed by atoms with E-state index in [2.05, 4.69) is 13.2 Å². The quantitative estimate of drug-likeness (QED) is 0.369. The Morgan fingerprint density at radius 3 is 2.59 bits per heavy atom. The minimum Gasteiger partial charge on any atom is -0.390 e. The average Bonchev–Trinajstić information content (AvgIpc) is 2.34. The Morgan fingerprint density at radius 2 is 2.12 bits per heavy atom. The van der Waals surface area contributed by atoms with Gasteiger partial charge in [-0.1, -0.05) is 12.2 Å². The normalized spacial score (nSPS) is 13.8. The van der Waals surface area contributed by atoms with Crippen LogP contribution in [0, 0.1) is 5.92 Å². The topological polar surface area (TPSA) is 59.0 Å². The predicted molar refractivity (Wildman–Crippen MR) is 65.1 cm³/mol. The first kappa shape index (κ1) is 15.8. The summed E-state index contributed by atoms with van der Waals surface area (Å²) in [6.07, 6.45) is 2.64. The lowest BCUT2D eigenvalue weighted by molar-refractivity contribution is -0.178. The van der Waals surface area contributed by atoms with Crippen LogP contribution in [-0.4, -0.2) is 49.6 Å². The molecule has 0 spiro atoms. The molecule has 0 bridgehead atoms. The van der Waals surface area contributed by atoms with E-state index in [1.54, 1.807) is 12.2 Å². The summed E-state index contributed by atoms with van der Waals surface area (Å²) in [6, 6.07) is 0. The van der Waals surface area contributed by atoms with Gasteiger partial charge < -0.3 is 9.84 Å². The molecule has 98 valence electrons. The molecule has 0 radical (unpaired) electrons. The molecule has 0 aliphatic heterocycles. The van der Waals surface area contributed by atoms with Crippen LogP contribution >= 0.6 is 0 Å². The number of hydrogen-bond donors (Lipinski definition) is 1. The molecule has 0 rings (SSSR count). The number of amides is 1. The lowest BCUT2D eigenvalue weighted by Crippen LogP contribution is -2.40. The molecule has 0 aromatic rings. The van der Waals surface area contributed by atoms with Gasteiger partial charge in [-0.25, -0.2) is 5.06 Å². The summed E-state index contributed by atoms with van der Waals surface area (Å²) in [6.45, 7) is 7.48. The molecule has 0 unspecified atom stereocenters. The number of carbonyl (C=O) groups excluding carboxylic acids is 1. The third kappa shape index (κ3) is 5.63. The fourth-order valence-electron chi connectivity index (χ4n) is 1.31. The molecule has 0 aromatic heterocycles. The molecule has 0 heterocycles. The largest absolute Gasteiger partial charge is 0.390 e. The number of aliphatic hydroxyl groups is 1. The Kier molecular flexibility index (Phi) is 8.31. The maximum atomic E-state index is 11.9. The molecule has 0 aliphatic carbocycles. The van der Waals surface area contributed by atoms with E-state index in [0.29, 0.717) is 13.0 Å². The Labute approximate surface area is 102 Å². The van der Waals surface area contributed by atoms with Crippen LogP contribution in [0.1, 0.15) is 6.42 Å². The summed E-state index contributed by atoms with van der Waals surface area (Å²) in [5, 5.41) is 11.0. The van der Waals surface area contributed by atoms with E-state index in [0.717, 1.165) is 5.06 Å². The number of ether oxygens (including phenoxy) is 1. The van der Waals surface area contributed by atoms with Crippen molar-refractivity contribution >= 4 is 5.91 Å². The fraction of sp³-hybridized carbons (Fsp3) is 0.583. The fourth-order valence-corrected chi connectivity index (χ4v) is 1.31. The molecule has 2 atom stereocenters. The molecule has 0 aliphatic rings. The van der Waals surface area contributed by atoms with Crippen molar-refractivity contribution in [3.63, 3.8) is 0 Å². The van der Waals surface area contributed by atoms with Crippen molar-refractivity contribution in [1.29, 1.82) is 0 Å². The van der Waals surface area contributed by atoms with Crippen LogP contribution in [-0.2, 0) is 14.4 Å². The summed E-state index contributed by atoms with van der Waals surface area (Å²) in [7, 11) is 2.89. The third-order valence-electron chi connectivity index (χ3n) is 2.31. The molecule has 5 heteroatoms. The molecule has 0 fully saturated rings.